The molecule has 1 N–H and O–H groups in total. The maximum absolute atomic E-state index is 12.9. The van der Waals surface area contributed by atoms with Crippen molar-refractivity contribution in [3.8, 4) is 5.75 Å². The van der Waals surface area contributed by atoms with Gasteiger partial charge in [0.15, 0.2) is 11.6 Å². The minimum absolute atomic E-state index is 0.185. The van der Waals surface area contributed by atoms with Gasteiger partial charge in [0.2, 0.25) is 6.41 Å². The third kappa shape index (κ3) is 8.19. The molecule has 0 aromatic heterocycles. The normalized spacial score (nSPS) is 9.58. The van der Waals surface area contributed by atoms with Gasteiger partial charge in [-0.1, -0.05) is 39.7 Å². The van der Waals surface area contributed by atoms with Gasteiger partial charge in [-0.25, -0.2) is 4.39 Å². The average molecular weight is 269 g/mol. The Labute approximate surface area is 115 Å². The lowest BCUT2D eigenvalue weighted by atomic mass is 10.1. The summed E-state index contributed by atoms with van der Waals surface area (Å²) in [6.45, 7) is 7.10. The van der Waals surface area contributed by atoms with Crippen molar-refractivity contribution < 1.29 is 13.9 Å². The number of carbonyl (C=O) groups excluding carboxylic acids is 1. The summed E-state index contributed by atoms with van der Waals surface area (Å²) in [5.41, 5.74) is 0.797. The van der Waals surface area contributed by atoms with Crippen LogP contribution < -0.4 is 10.1 Å². The fourth-order valence-electron chi connectivity index (χ4n) is 1.55. The van der Waals surface area contributed by atoms with Crippen molar-refractivity contribution in [3.05, 3.63) is 29.6 Å². The molecule has 4 heteroatoms. The Morgan fingerprint density at radius 2 is 2.11 bits per heavy atom. The van der Waals surface area contributed by atoms with Crippen LogP contribution >= 0.6 is 0 Å². The molecule has 0 spiro atoms. The zero-order valence-electron chi connectivity index (χ0n) is 12.2. The van der Waals surface area contributed by atoms with Crippen molar-refractivity contribution in [2.75, 3.05) is 7.11 Å². The van der Waals surface area contributed by atoms with E-state index in [0.717, 1.165) is 11.5 Å². The van der Waals surface area contributed by atoms with Crippen LogP contribution in [0.2, 0.25) is 0 Å². The quantitative estimate of drug-likeness (QED) is 0.802. The number of rotatable bonds is 6. The van der Waals surface area contributed by atoms with Gasteiger partial charge in [-0.05, 0) is 23.6 Å². The fraction of sp³-hybridized carbons (Fsp3) is 0.533. The minimum atomic E-state index is -0.405. The molecule has 0 aliphatic carbocycles. The molecule has 0 saturated carbocycles. The van der Waals surface area contributed by atoms with E-state index in [0.29, 0.717) is 13.0 Å². The van der Waals surface area contributed by atoms with Crippen LogP contribution in [0.4, 0.5) is 4.39 Å². The molecule has 0 heterocycles. The second-order valence-electron chi connectivity index (χ2n) is 4.65. The maximum Gasteiger partial charge on any atom is 0.207 e. The number of methoxy groups -OCH3 is 1. The van der Waals surface area contributed by atoms with Gasteiger partial charge in [-0.3, -0.25) is 4.79 Å². The van der Waals surface area contributed by atoms with E-state index >= 15 is 0 Å². The predicted molar refractivity (Wildman–Crippen MR) is 75.6 cm³/mol. The lowest BCUT2D eigenvalue weighted by Crippen LogP contribution is -2.09. The monoisotopic (exact) mass is 269 g/mol. The first-order chi connectivity index (χ1) is 9.04. The molecular weight excluding hydrogens is 245 g/mol. The first kappa shape index (κ1) is 17.4. The van der Waals surface area contributed by atoms with E-state index in [2.05, 4.69) is 26.1 Å². The molecule has 1 rings (SSSR count). The van der Waals surface area contributed by atoms with Crippen LogP contribution in [0.5, 0.6) is 5.75 Å². The van der Waals surface area contributed by atoms with Crippen molar-refractivity contribution >= 4 is 6.41 Å². The largest absolute Gasteiger partial charge is 0.494 e. The van der Waals surface area contributed by atoms with Gasteiger partial charge < -0.3 is 10.1 Å². The van der Waals surface area contributed by atoms with Gasteiger partial charge in [0.1, 0.15) is 0 Å². The number of nitrogens with one attached hydrogen (secondary N) is 1. The third-order valence-corrected chi connectivity index (χ3v) is 2.47. The molecular formula is C15H24FNO2. The van der Waals surface area contributed by atoms with E-state index in [-0.39, 0.29) is 5.75 Å². The molecule has 0 fully saturated rings. The average Bonchev–Trinajstić information content (AvgIpc) is 2.38. The number of hydrogen-bond acceptors (Lipinski definition) is 2. The van der Waals surface area contributed by atoms with Crippen LogP contribution in [-0.2, 0) is 11.3 Å². The number of benzene rings is 1. The van der Waals surface area contributed by atoms with Crippen molar-refractivity contribution in [2.24, 2.45) is 5.92 Å². The lowest BCUT2D eigenvalue weighted by molar-refractivity contribution is -0.109. The highest BCUT2D eigenvalue weighted by atomic mass is 19.1. The summed E-state index contributed by atoms with van der Waals surface area (Å²) in [5.74, 6) is 0.678. The molecule has 1 aromatic rings. The minimum Gasteiger partial charge on any atom is -0.494 e. The van der Waals surface area contributed by atoms with Gasteiger partial charge >= 0.3 is 0 Å². The second kappa shape index (κ2) is 10.4. The molecule has 0 unspecified atom stereocenters. The number of amides is 1. The van der Waals surface area contributed by atoms with Crippen LogP contribution in [-0.4, -0.2) is 13.5 Å². The smallest absolute Gasteiger partial charge is 0.207 e. The van der Waals surface area contributed by atoms with Crippen molar-refractivity contribution in [1.29, 1.82) is 0 Å². The summed E-state index contributed by atoms with van der Waals surface area (Å²) in [4.78, 5) is 9.98. The second-order valence-corrected chi connectivity index (χ2v) is 4.65. The Hall–Kier alpha value is -1.58. The highest BCUT2D eigenvalue weighted by Crippen LogP contribution is 2.17. The summed E-state index contributed by atoms with van der Waals surface area (Å²) < 4.78 is 17.7. The first-order valence-corrected chi connectivity index (χ1v) is 6.54. The van der Waals surface area contributed by atoms with E-state index in [4.69, 9.17) is 4.74 Å². The van der Waals surface area contributed by atoms with E-state index in [9.17, 15) is 9.18 Å². The molecule has 0 aliphatic heterocycles. The van der Waals surface area contributed by atoms with Crippen molar-refractivity contribution in [3.63, 3.8) is 0 Å². The molecule has 0 bridgehead atoms. The van der Waals surface area contributed by atoms with Gasteiger partial charge in [-0.2, -0.15) is 0 Å². The number of hydrogen-bond donors (Lipinski definition) is 1. The van der Waals surface area contributed by atoms with Crippen LogP contribution in [0.1, 0.15) is 39.2 Å². The van der Waals surface area contributed by atoms with Crippen molar-refractivity contribution in [2.45, 2.75) is 40.2 Å². The summed E-state index contributed by atoms with van der Waals surface area (Å²) in [6.07, 6.45) is 3.30. The standard InChI is InChI=1S/C9H10FNO2.C6H14/c1-13-9-4-7(5-11-6-12)2-3-8(9)10;1-4-5-6(2)3/h2-4,6H,5H2,1H3,(H,11,12);6H,4-5H2,1-3H3. The first-order valence-electron chi connectivity index (χ1n) is 6.54. The summed E-state index contributed by atoms with van der Waals surface area (Å²) in [7, 11) is 1.40. The highest BCUT2D eigenvalue weighted by molar-refractivity contribution is 5.46. The SMILES string of the molecule is CCCC(C)C.COc1cc(CNC=O)ccc1F. The zero-order valence-corrected chi connectivity index (χ0v) is 12.2. The Kier molecular flexibility index (Phi) is 9.49. The molecule has 1 aromatic carbocycles. The molecule has 0 aliphatic rings. The Morgan fingerprint density at radius 1 is 1.42 bits per heavy atom. The van der Waals surface area contributed by atoms with Crippen LogP contribution in [0.25, 0.3) is 0 Å². The van der Waals surface area contributed by atoms with E-state index in [1.807, 2.05) is 0 Å². The Bertz CT molecular complexity index is 367. The molecule has 108 valence electrons. The molecule has 0 radical (unpaired) electrons. The van der Waals surface area contributed by atoms with Gasteiger partial charge in [0.05, 0.1) is 7.11 Å². The molecule has 3 nitrogen and oxygen atoms in total. The summed E-state index contributed by atoms with van der Waals surface area (Å²) in [6, 6.07) is 4.45. The number of ether oxygens (including phenoxy) is 1. The molecule has 1 amide bonds. The van der Waals surface area contributed by atoms with E-state index in [1.54, 1.807) is 12.1 Å². The van der Waals surface area contributed by atoms with Crippen LogP contribution in [0.3, 0.4) is 0 Å². The topological polar surface area (TPSA) is 38.3 Å². The maximum atomic E-state index is 12.9. The van der Waals surface area contributed by atoms with Gasteiger partial charge in [0, 0.05) is 6.54 Å². The number of halogens is 1. The summed E-state index contributed by atoms with van der Waals surface area (Å²) >= 11 is 0. The van der Waals surface area contributed by atoms with E-state index in [1.165, 1.54) is 26.0 Å². The Balaban J connectivity index is 0.000000459. The lowest BCUT2D eigenvalue weighted by Gasteiger charge is -2.04. The summed E-state index contributed by atoms with van der Waals surface area (Å²) in [5, 5.41) is 2.48. The third-order valence-electron chi connectivity index (χ3n) is 2.47. The molecule has 0 atom stereocenters. The molecule has 0 saturated heterocycles. The fourth-order valence-corrected chi connectivity index (χ4v) is 1.55. The number of carbonyl (C=O) groups is 1. The van der Waals surface area contributed by atoms with Gasteiger partial charge in [-0.15, -0.1) is 0 Å². The van der Waals surface area contributed by atoms with Gasteiger partial charge in [0.25, 0.3) is 0 Å². The molecule has 19 heavy (non-hydrogen) atoms. The Morgan fingerprint density at radius 3 is 2.53 bits per heavy atom. The predicted octanol–water partition coefficient (Wildman–Crippen LogP) is 3.52. The van der Waals surface area contributed by atoms with E-state index < -0.39 is 5.82 Å². The van der Waals surface area contributed by atoms with Crippen molar-refractivity contribution in [1.82, 2.24) is 5.32 Å². The van der Waals surface area contributed by atoms with Crippen LogP contribution in [0, 0.1) is 11.7 Å². The zero-order chi connectivity index (χ0) is 14.7. The van der Waals surface area contributed by atoms with Crippen LogP contribution in [0.15, 0.2) is 18.2 Å². The highest BCUT2D eigenvalue weighted by Gasteiger charge is 2.02.